The van der Waals surface area contributed by atoms with Gasteiger partial charge >= 0.3 is 6.03 Å². The van der Waals surface area contributed by atoms with Gasteiger partial charge in [0.15, 0.2) is 0 Å². The molecule has 1 aliphatic heterocycles. The van der Waals surface area contributed by atoms with Crippen molar-refractivity contribution in [3.63, 3.8) is 0 Å². The lowest BCUT2D eigenvalue weighted by atomic mass is 10.0. The third kappa shape index (κ3) is 4.90. The van der Waals surface area contributed by atoms with Gasteiger partial charge in [-0.05, 0) is 17.7 Å². The fourth-order valence-electron chi connectivity index (χ4n) is 2.12. The van der Waals surface area contributed by atoms with Gasteiger partial charge in [0.25, 0.3) is 0 Å². The molecule has 0 unspecified atom stereocenters. The molecule has 3 N–H and O–H groups in total. The first kappa shape index (κ1) is 18.3. The Morgan fingerprint density at radius 3 is 2.81 bits per heavy atom. The Labute approximate surface area is 140 Å². The largest absolute Gasteiger partial charge is 0.370 e. The lowest BCUT2D eigenvalue weighted by Crippen LogP contribution is -2.47. The van der Waals surface area contributed by atoms with Crippen molar-refractivity contribution in [2.75, 3.05) is 26.7 Å². The molecule has 0 aromatic heterocycles. The van der Waals surface area contributed by atoms with Crippen molar-refractivity contribution in [3.8, 4) is 0 Å². The number of halogens is 3. The SMILES string of the molecule is CNC(=O)N[C@@H]1CNCCO[C@H]1c1ccc(Cl)c(Cl)c1.Cl. The Bertz CT molecular complexity index is 488. The zero-order valence-corrected chi connectivity index (χ0v) is 13.8. The highest BCUT2D eigenvalue weighted by Crippen LogP contribution is 2.29. The van der Waals surface area contributed by atoms with Crippen molar-refractivity contribution in [1.29, 1.82) is 0 Å². The van der Waals surface area contributed by atoms with Crippen molar-refractivity contribution in [1.82, 2.24) is 16.0 Å². The molecule has 1 aromatic carbocycles. The van der Waals surface area contributed by atoms with Gasteiger partial charge in [-0.3, -0.25) is 0 Å². The molecular weight excluding hydrogens is 337 g/mol. The third-order valence-corrected chi connectivity index (χ3v) is 3.86. The van der Waals surface area contributed by atoms with Crippen molar-refractivity contribution in [2.24, 2.45) is 0 Å². The smallest absolute Gasteiger partial charge is 0.314 e. The number of carbonyl (C=O) groups is 1. The van der Waals surface area contributed by atoms with Gasteiger partial charge in [0.05, 0.1) is 22.7 Å². The number of amides is 2. The Morgan fingerprint density at radius 1 is 1.38 bits per heavy atom. The third-order valence-electron chi connectivity index (χ3n) is 3.12. The van der Waals surface area contributed by atoms with Gasteiger partial charge in [-0.15, -0.1) is 12.4 Å². The normalized spacial score (nSPS) is 21.9. The van der Waals surface area contributed by atoms with Crippen LogP contribution in [0.1, 0.15) is 11.7 Å². The maximum absolute atomic E-state index is 11.5. The van der Waals surface area contributed by atoms with E-state index in [1.54, 1.807) is 19.2 Å². The highest BCUT2D eigenvalue weighted by atomic mass is 35.5. The van der Waals surface area contributed by atoms with E-state index in [2.05, 4.69) is 16.0 Å². The number of rotatable bonds is 2. The summed E-state index contributed by atoms with van der Waals surface area (Å²) in [4.78, 5) is 11.5. The summed E-state index contributed by atoms with van der Waals surface area (Å²) in [5, 5.41) is 9.62. The first-order valence-electron chi connectivity index (χ1n) is 6.37. The molecule has 1 fully saturated rings. The van der Waals surface area contributed by atoms with E-state index in [0.29, 0.717) is 23.2 Å². The van der Waals surface area contributed by atoms with Crippen LogP contribution < -0.4 is 16.0 Å². The lowest BCUT2D eigenvalue weighted by molar-refractivity contribution is 0.0464. The number of nitrogens with one attached hydrogen (secondary N) is 3. The fourth-order valence-corrected chi connectivity index (χ4v) is 2.43. The van der Waals surface area contributed by atoms with E-state index >= 15 is 0 Å². The van der Waals surface area contributed by atoms with Gasteiger partial charge in [0, 0.05) is 20.1 Å². The highest BCUT2D eigenvalue weighted by molar-refractivity contribution is 6.42. The molecule has 0 aliphatic carbocycles. The van der Waals surface area contributed by atoms with Gasteiger partial charge in [-0.25, -0.2) is 4.79 Å². The van der Waals surface area contributed by atoms with Crippen LogP contribution in [0.15, 0.2) is 18.2 Å². The summed E-state index contributed by atoms with van der Waals surface area (Å²) >= 11 is 12.0. The van der Waals surface area contributed by atoms with Crippen LogP contribution in [0.5, 0.6) is 0 Å². The topological polar surface area (TPSA) is 62.4 Å². The molecule has 8 heteroatoms. The molecule has 2 rings (SSSR count). The summed E-state index contributed by atoms with van der Waals surface area (Å²) in [5.41, 5.74) is 0.893. The lowest BCUT2D eigenvalue weighted by Gasteiger charge is -2.26. The van der Waals surface area contributed by atoms with Gasteiger partial charge < -0.3 is 20.7 Å². The summed E-state index contributed by atoms with van der Waals surface area (Å²) in [6.45, 7) is 1.93. The van der Waals surface area contributed by atoms with Crippen LogP contribution in [0.4, 0.5) is 4.79 Å². The summed E-state index contributed by atoms with van der Waals surface area (Å²) in [6, 6.07) is 4.95. The highest BCUT2D eigenvalue weighted by Gasteiger charge is 2.27. The van der Waals surface area contributed by atoms with Crippen LogP contribution in [-0.4, -0.2) is 38.8 Å². The molecule has 1 aromatic rings. The van der Waals surface area contributed by atoms with E-state index in [0.717, 1.165) is 12.1 Å². The minimum Gasteiger partial charge on any atom is -0.370 e. The quantitative estimate of drug-likeness (QED) is 0.764. The minimum absolute atomic E-state index is 0. The first-order chi connectivity index (χ1) is 9.61. The zero-order chi connectivity index (χ0) is 14.5. The fraction of sp³-hybridized carbons (Fsp3) is 0.462. The van der Waals surface area contributed by atoms with Crippen LogP contribution in [0, 0.1) is 0 Å². The molecule has 2 amide bonds. The Hall–Kier alpha value is -0.720. The van der Waals surface area contributed by atoms with E-state index in [1.165, 1.54) is 0 Å². The van der Waals surface area contributed by atoms with Crippen molar-refractivity contribution >= 4 is 41.6 Å². The number of ether oxygens (including phenoxy) is 1. The Morgan fingerprint density at radius 2 is 2.14 bits per heavy atom. The molecule has 1 heterocycles. The second-order valence-corrected chi connectivity index (χ2v) is 5.31. The van der Waals surface area contributed by atoms with E-state index in [9.17, 15) is 4.79 Å². The molecule has 0 saturated carbocycles. The van der Waals surface area contributed by atoms with E-state index in [-0.39, 0.29) is 30.6 Å². The summed E-state index contributed by atoms with van der Waals surface area (Å²) in [5.74, 6) is 0. The number of carbonyl (C=O) groups excluding carboxylic acids is 1. The van der Waals surface area contributed by atoms with Gasteiger partial charge in [0.2, 0.25) is 0 Å². The predicted octanol–water partition coefficient (Wildman–Crippen LogP) is 2.37. The molecule has 0 spiro atoms. The molecule has 5 nitrogen and oxygen atoms in total. The summed E-state index contributed by atoms with van der Waals surface area (Å²) < 4.78 is 5.84. The van der Waals surface area contributed by atoms with E-state index in [1.807, 2.05) is 6.07 Å². The molecule has 1 aliphatic rings. The Balaban J connectivity index is 0.00000220. The van der Waals surface area contributed by atoms with Crippen molar-refractivity contribution < 1.29 is 9.53 Å². The second kappa shape index (κ2) is 8.66. The average molecular weight is 355 g/mol. The van der Waals surface area contributed by atoms with Gasteiger partial charge in [0.1, 0.15) is 6.10 Å². The van der Waals surface area contributed by atoms with E-state index in [4.69, 9.17) is 27.9 Å². The Kier molecular flexibility index (Phi) is 7.56. The van der Waals surface area contributed by atoms with Crippen LogP contribution in [0.2, 0.25) is 10.0 Å². The standard InChI is InChI=1S/C13H17Cl2N3O2.ClH/c1-16-13(19)18-11-7-17-4-5-20-12(11)8-2-3-9(14)10(15)6-8;/h2-3,6,11-12,17H,4-5,7H2,1H3,(H2,16,18,19);1H/t11-,12+;/m1./s1. The van der Waals surface area contributed by atoms with Crippen LogP contribution >= 0.6 is 35.6 Å². The second-order valence-electron chi connectivity index (χ2n) is 4.50. The average Bonchev–Trinajstić information content (AvgIpc) is 2.67. The van der Waals surface area contributed by atoms with E-state index < -0.39 is 0 Å². The number of hydrogen-bond donors (Lipinski definition) is 3. The molecule has 118 valence electrons. The number of urea groups is 1. The minimum atomic E-state index is -0.267. The van der Waals surface area contributed by atoms with Crippen molar-refractivity contribution in [3.05, 3.63) is 33.8 Å². The maximum Gasteiger partial charge on any atom is 0.314 e. The van der Waals surface area contributed by atoms with Crippen LogP contribution in [0.3, 0.4) is 0 Å². The maximum atomic E-state index is 11.5. The first-order valence-corrected chi connectivity index (χ1v) is 7.13. The monoisotopic (exact) mass is 353 g/mol. The summed E-state index contributed by atoms with van der Waals surface area (Å²) in [6.07, 6.45) is -0.267. The van der Waals surface area contributed by atoms with Crippen molar-refractivity contribution in [2.45, 2.75) is 12.1 Å². The van der Waals surface area contributed by atoms with Crippen LogP contribution in [0.25, 0.3) is 0 Å². The molecular formula is C13H18Cl3N3O2. The van der Waals surface area contributed by atoms with Gasteiger partial charge in [-0.2, -0.15) is 0 Å². The van der Waals surface area contributed by atoms with Gasteiger partial charge in [-0.1, -0.05) is 29.3 Å². The molecule has 1 saturated heterocycles. The van der Waals surface area contributed by atoms with Crippen LogP contribution in [-0.2, 0) is 4.74 Å². The number of benzene rings is 1. The molecule has 21 heavy (non-hydrogen) atoms. The number of hydrogen-bond acceptors (Lipinski definition) is 3. The summed E-state index contributed by atoms with van der Waals surface area (Å²) in [7, 11) is 1.58. The predicted molar refractivity (Wildman–Crippen MR) is 86.7 cm³/mol. The molecule has 2 atom stereocenters. The zero-order valence-electron chi connectivity index (χ0n) is 11.5. The molecule has 0 radical (unpaired) electrons. The molecule has 0 bridgehead atoms.